The molecule has 5 aromatic heterocycles. The summed E-state index contributed by atoms with van der Waals surface area (Å²) in [5.74, 6) is 3.70. The van der Waals surface area contributed by atoms with Crippen molar-refractivity contribution in [2.75, 3.05) is 125 Å². The number of methoxy groups -OCH3 is 2. The van der Waals surface area contributed by atoms with E-state index in [1.807, 2.05) is 235 Å². The Morgan fingerprint density at radius 1 is 0.377 bits per heavy atom. The van der Waals surface area contributed by atoms with Gasteiger partial charge in [-0.3, -0.25) is 28.7 Å². The first kappa shape index (κ1) is 106. The predicted molar refractivity (Wildman–Crippen MR) is 573 cm³/mol. The molecule has 17 rings (SSSR count). The highest BCUT2D eigenvalue weighted by molar-refractivity contribution is 7.55. The molecule has 2 aliphatic rings. The van der Waals surface area contributed by atoms with E-state index in [1.165, 1.54) is 0 Å². The van der Waals surface area contributed by atoms with Gasteiger partial charge in [-0.1, -0.05) is 60.7 Å². The number of aryl methyl sites for hydroxylation is 5. The Hall–Kier alpha value is -16.9. The first-order valence-corrected chi connectivity index (χ1v) is 50.5. The highest BCUT2D eigenvalue weighted by Gasteiger charge is 2.30. The molecule has 2 aliphatic heterocycles. The number of hydrogen-bond acceptors (Lipinski definition) is 19. The number of rotatable bonds is 33. The molecule has 15 aromatic rings. The molecule has 0 radical (unpaired) electrons. The van der Waals surface area contributed by atoms with E-state index in [9.17, 15) is 54.8 Å². The van der Waals surface area contributed by atoms with Gasteiger partial charge in [0.1, 0.15) is 65.6 Å². The van der Waals surface area contributed by atoms with Crippen LogP contribution in [0.15, 0.2) is 212 Å². The number of urea groups is 4. The molecule has 0 bridgehead atoms. The Morgan fingerprint density at radius 3 is 1.01 bits per heavy atom. The second-order valence-electron chi connectivity index (χ2n) is 32.7. The van der Waals surface area contributed by atoms with Crippen LogP contribution in [0.1, 0.15) is 104 Å². The van der Waals surface area contributed by atoms with Crippen LogP contribution in [-0.2, 0) is 55.9 Å². The summed E-state index contributed by atoms with van der Waals surface area (Å²) in [5, 5.41) is 72.8. The lowest BCUT2D eigenvalue weighted by molar-refractivity contribution is -0.141. The van der Waals surface area contributed by atoms with Gasteiger partial charge in [0.15, 0.2) is 0 Å². The normalized spacial score (nSPS) is 11.9. The monoisotopic (exact) mass is 2010 g/mol. The number of halogens is 1. The molecule has 7 N–H and O–H groups in total. The summed E-state index contributed by atoms with van der Waals surface area (Å²) in [6.07, 6.45) is 0. The lowest BCUT2D eigenvalue weighted by Gasteiger charge is -2.18. The van der Waals surface area contributed by atoms with Crippen LogP contribution >= 0.6 is 19.3 Å². The number of carbonyl (C=O) groups excluding carboxylic acids is 5. The van der Waals surface area contributed by atoms with E-state index in [1.54, 1.807) is 56.9 Å². The van der Waals surface area contributed by atoms with E-state index in [0.717, 1.165) is 164 Å². The van der Waals surface area contributed by atoms with Gasteiger partial charge in [-0.25, -0.2) is 23.7 Å². The zero-order chi connectivity index (χ0) is 104. The summed E-state index contributed by atoms with van der Waals surface area (Å²) in [6.45, 7) is 30.2. The molecule has 2 saturated heterocycles. The van der Waals surface area contributed by atoms with Crippen LogP contribution < -0.4 is 70.5 Å². The highest BCUT2D eigenvalue weighted by Crippen LogP contribution is 2.49. The number of nitriles is 5. The van der Waals surface area contributed by atoms with Crippen LogP contribution in [0, 0.1) is 56.7 Å². The lowest BCUT2D eigenvalue weighted by Crippen LogP contribution is -2.34. The van der Waals surface area contributed by atoms with E-state index >= 15 is 0 Å². The number of amides is 8. The average molecular weight is 2010 g/mol. The zero-order valence-corrected chi connectivity index (χ0v) is 85.5. The minimum atomic E-state index is -3.42. The maximum Gasteiger partial charge on any atom is 0.432 e. The molecule has 0 unspecified atom stereocenters. The van der Waals surface area contributed by atoms with Gasteiger partial charge in [-0.05, 0) is 220 Å². The fourth-order valence-corrected chi connectivity index (χ4v) is 19.5. The molecule has 2 fully saturated rings. The molecule has 35 heteroatoms. The summed E-state index contributed by atoms with van der Waals surface area (Å²) in [6, 6.07) is 77.4. The van der Waals surface area contributed by atoms with Crippen molar-refractivity contribution in [3.05, 3.63) is 240 Å². The number of fused-ring (bicyclic) bond motifs is 5. The third-order valence-electron chi connectivity index (χ3n) is 24.3. The molecule has 0 spiro atoms. The molecule has 146 heavy (non-hydrogen) atoms. The largest absolute Gasteiger partial charge is 0.497 e. The second-order valence-corrected chi connectivity index (χ2v) is 34.8. The molecule has 8 amide bonds. The number of carbonyl (C=O) groups is 5. The van der Waals surface area contributed by atoms with E-state index < -0.39 is 19.7 Å². The number of anilines is 5. The van der Waals surface area contributed by atoms with Gasteiger partial charge in [0.05, 0.1) is 138 Å². The van der Waals surface area contributed by atoms with Crippen molar-refractivity contribution in [3.8, 4) is 115 Å². The van der Waals surface area contributed by atoms with Gasteiger partial charge in [0, 0.05) is 163 Å². The minimum absolute atomic E-state index is 0.0739. The van der Waals surface area contributed by atoms with Gasteiger partial charge >= 0.3 is 37.8 Å². The second kappa shape index (κ2) is 50.2. The summed E-state index contributed by atoms with van der Waals surface area (Å²) in [7, 11) is -0.141. The molecule has 0 aliphatic carbocycles. The zero-order valence-electron chi connectivity index (χ0n) is 83.8. The molecular formula is C111H117ClN19O14P. The average Bonchev–Trinajstić information content (AvgIpc) is 1.62. The summed E-state index contributed by atoms with van der Waals surface area (Å²) < 4.78 is 66.3. The summed E-state index contributed by atoms with van der Waals surface area (Å²) in [4.78, 5) is 62.5. The van der Waals surface area contributed by atoms with Crippen LogP contribution in [0.25, 0.3) is 111 Å². The Kier molecular flexibility index (Phi) is 36.6. The predicted octanol–water partition coefficient (Wildman–Crippen LogP) is 22.9. The van der Waals surface area contributed by atoms with E-state index in [-0.39, 0.29) is 44.5 Å². The van der Waals surface area contributed by atoms with Crippen LogP contribution in [0.5, 0.6) is 28.7 Å². The Bertz CT molecular complexity index is 7530. The number of ether oxygens (including phenoxy) is 6. The smallest absolute Gasteiger partial charge is 0.432 e. The molecule has 10 aromatic carbocycles. The molecule has 0 saturated carbocycles. The number of benzene rings is 10. The van der Waals surface area contributed by atoms with Gasteiger partial charge in [0.2, 0.25) is 0 Å². The number of nitrogens with zero attached hydrogens (tertiary/aromatic N) is 12. The van der Waals surface area contributed by atoms with Crippen molar-refractivity contribution in [2.45, 2.75) is 109 Å². The SMILES string of the molecule is CCOC(=O)CNC(=O)Nc1ccc(-c2c(C#N)c3ccc(OCC)cc3n2CC)cc1.CCOc1ccc2c(C#N)c(-c3ccc(NC(=O)NCCCl)cc3)n(CC)c2c1.CCOc1ccc2c(C#N)c(-c3ccc(NP(=O)(OCC)OCC)cc3)n(CC)c2c1.CCn1c(-c2ccc(N3CCNC3=O)cc2)c(C#N)c2ccc(OC)cc21.CCn1c(-c2cccc(N3CCNC3=O)c2)c(C#N)c2ccc(OC)cc21. The van der Waals surface area contributed by atoms with E-state index in [0.29, 0.717) is 123 Å². The molecule has 7 heterocycles. The van der Waals surface area contributed by atoms with Crippen molar-refractivity contribution >= 4 is 132 Å². The van der Waals surface area contributed by atoms with Crippen LogP contribution in [0.4, 0.5) is 47.6 Å². The number of hydrogen-bond donors (Lipinski definition) is 7. The van der Waals surface area contributed by atoms with E-state index in [2.05, 4.69) is 111 Å². The van der Waals surface area contributed by atoms with E-state index in [4.69, 9.17) is 49.1 Å². The Morgan fingerprint density at radius 2 is 0.699 bits per heavy atom. The number of alkyl halides is 1. The van der Waals surface area contributed by atoms with Crippen LogP contribution in [-0.4, -0.2) is 152 Å². The van der Waals surface area contributed by atoms with Crippen molar-refractivity contribution in [1.82, 2.24) is 44.1 Å². The highest BCUT2D eigenvalue weighted by atomic mass is 35.5. The van der Waals surface area contributed by atoms with Gasteiger partial charge in [0.25, 0.3) is 0 Å². The first-order chi connectivity index (χ1) is 71.0. The number of nitrogens with one attached hydrogen (secondary N) is 7. The first-order valence-electron chi connectivity index (χ1n) is 48.4. The lowest BCUT2D eigenvalue weighted by atomic mass is 10.0. The van der Waals surface area contributed by atoms with Crippen molar-refractivity contribution in [3.63, 3.8) is 0 Å². The summed E-state index contributed by atoms with van der Waals surface area (Å²) >= 11 is 5.58. The minimum Gasteiger partial charge on any atom is -0.497 e. The topological polar surface area (TPSA) is 411 Å². The number of aromatic nitrogens is 5. The third kappa shape index (κ3) is 23.7. The third-order valence-corrected chi connectivity index (χ3v) is 26.2. The molecule has 33 nitrogen and oxygen atoms in total. The quantitative estimate of drug-likeness (QED) is 0.0114. The van der Waals surface area contributed by atoms with Crippen molar-refractivity contribution in [2.24, 2.45) is 0 Å². The molecule has 0 atom stereocenters. The fraction of sp³-hybridized carbons (Fsp3) is 0.279. The Balaban J connectivity index is 0.000000153. The maximum absolute atomic E-state index is 12.7. The van der Waals surface area contributed by atoms with Gasteiger partial charge in [-0.2, -0.15) is 26.3 Å². The fourth-order valence-electron chi connectivity index (χ4n) is 18.0. The maximum atomic E-state index is 12.7. The van der Waals surface area contributed by atoms with Crippen LogP contribution in [0.3, 0.4) is 0 Å². The summed E-state index contributed by atoms with van der Waals surface area (Å²) in [5.41, 5.74) is 20.3. The van der Waals surface area contributed by atoms with Crippen molar-refractivity contribution in [1.29, 1.82) is 26.3 Å². The Labute approximate surface area is 852 Å². The molecular weight excluding hydrogens is 1890 g/mol. The van der Waals surface area contributed by atoms with Crippen molar-refractivity contribution < 1.29 is 66.0 Å². The standard InChI is InChI=1S/C24H26N4O4.C23H28N3O4P.C22H23ClN4O2.2C21H20N4O2/c1-4-28-21-13-18(31-5-2)11-12-19(21)20(14-25)23(28)16-7-9-17(10-8-16)27-24(30)26-15-22(29)32-6-3;1-5-26-22-15-19(28-6-2)13-14-20(22)21(16-24)23(26)17-9-11-18(12-10-17)25-31(27,29-7-3)30-8-4;1-3-27-20-13-17(29-4-2)9-10-18(20)19(14-24)21(27)15-5-7-16(8-6-15)26-22(28)25-12-11-23;1-3-24-19-12-16(27-2)8-9-17(19)18(13-22)20(24)14-4-6-15(7-5-14)25-11-10-23-21(25)26;1-3-24-19-12-16(27-2)7-8-17(19)18(13-22)20(24)14-5-4-6-15(11-14)25-10-9-23-21(25)26/h7-13H,4-6,15H2,1-3H3,(H2,26,27,30);9-15H,5-8H2,1-4H3,(H,25,27);5-10,13H,3-4,11-12H2,1-2H3,(H2,25,26,28);4-9,12H,3,10-11H2,1-2H3,(H,23,26);4-8,11-12H,3,9-10H2,1-2H3,(H,23,26). The van der Waals surface area contributed by atoms with Crippen LogP contribution in [0.2, 0.25) is 0 Å². The number of esters is 1. The van der Waals surface area contributed by atoms with Gasteiger partial charge in [-0.15, -0.1) is 11.6 Å². The van der Waals surface area contributed by atoms with Gasteiger partial charge < -0.3 is 83.2 Å². The molecule has 752 valence electrons.